The van der Waals surface area contributed by atoms with Gasteiger partial charge < -0.3 is 0 Å². The maximum atomic E-state index is 11.7. The molecule has 0 aromatic heterocycles. The van der Waals surface area contributed by atoms with Gasteiger partial charge in [-0.1, -0.05) is 84.5 Å². The van der Waals surface area contributed by atoms with Gasteiger partial charge in [-0.25, -0.2) is 4.79 Å². The normalized spacial score (nSPS) is 11.7. The molecule has 0 spiro atoms. The lowest BCUT2D eigenvalue weighted by atomic mass is 10.0. The second kappa shape index (κ2) is 15.0. The molecule has 0 amide bonds. The van der Waals surface area contributed by atoms with Gasteiger partial charge in [-0.15, -0.1) is 0 Å². The van der Waals surface area contributed by atoms with E-state index in [0.29, 0.717) is 6.42 Å². The Balaban J connectivity index is 3.46. The maximum Gasteiger partial charge on any atom is 0.342 e. The molecule has 0 bridgehead atoms. The van der Waals surface area contributed by atoms with Gasteiger partial charge in [0.15, 0.2) is 0 Å². The zero-order chi connectivity index (χ0) is 17.4. The molecule has 0 unspecified atom stereocenters. The molecule has 0 saturated carbocycles. The first-order valence-corrected chi connectivity index (χ1v) is 9.90. The number of hydrogen-bond donors (Lipinski definition) is 0. The highest BCUT2D eigenvalue weighted by atomic mass is 17.2. The molecule has 138 valence electrons. The molecule has 0 aromatic carbocycles. The predicted molar refractivity (Wildman–Crippen MR) is 97.2 cm³/mol. The van der Waals surface area contributed by atoms with Crippen LogP contribution in [0.25, 0.3) is 0 Å². The Morgan fingerprint density at radius 2 is 1.22 bits per heavy atom. The molecule has 0 N–H and O–H groups in total. The smallest absolute Gasteiger partial charge is 0.298 e. The van der Waals surface area contributed by atoms with Gasteiger partial charge in [0.1, 0.15) is 5.60 Å². The van der Waals surface area contributed by atoms with Gasteiger partial charge in [0.05, 0.1) is 0 Å². The van der Waals surface area contributed by atoms with Crippen LogP contribution in [0, 0.1) is 0 Å². The quantitative estimate of drug-likeness (QED) is 0.179. The fraction of sp³-hybridized carbons (Fsp3) is 0.950. The lowest BCUT2D eigenvalue weighted by Gasteiger charge is -2.22. The van der Waals surface area contributed by atoms with Crippen molar-refractivity contribution in [2.75, 3.05) is 0 Å². The minimum Gasteiger partial charge on any atom is -0.298 e. The van der Waals surface area contributed by atoms with Crippen LogP contribution in [0.5, 0.6) is 0 Å². The number of unbranched alkanes of at least 4 members (excludes halogenated alkanes) is 10. The Bertz CT molecular complexity index is 274. The van der Waals surface area contributed by atoms with Crippen molar-refractivity contribution in [3.63, 3.8) is 0 Å². The van der Waals surface area contributed by atoms with E-state index in [-0.39, 0.29) is 11.6 Å². The van der Waals surface area contributed by atoms with Crippen LogP contribution in [0.1, 0.15) is 118 Å². The summed E-state index contributed by atoms with van der Waals surface area (Å²) < 4.78 is 0. The van der Waals surface area contributed by atoms with Crippen molar-refractivity contribution < 1.29 is 14.6 Å². The Hall–Kier alpha value is -0.570. The van der Waals surface area contributed by atoms with Crippen LogP contribution in [0.4, 0.5) is 0 Å². The fourth-order valence-electron chi connectivity index (χ4n) is 2.62. The summed E-state index contributed by atoms with van der Waals surface area (Å²) >= 11 is 0. The maximum absolute atomic E-state index is 11.7. The first kappa shape index (κ1) is 22.4. The van der Waals surface area contributed by atoms with E-state index in [4.69, 9.17) is 9.78 Å². The summed E-state index contributed by atoms with van der Waals surface area (Å²) in [5, 5.41) is 0. The molecule has 0 aliphatic heterocycles. The van der Waals surface area contributed by atoms with E-state index >= 15 is 0 Å². The molecule has 0 atom stereocenters. The van der Waals surface area contributed by atoms with Crippen molar-refractivity contribution in [2.24, 2.45) is 0 Å². The molecular weight excluding hydrogens is 288 g/mol. The third-order valence-corrected chi connectivity index (χ3v) is 4.23. The molecule has 3 nitrogen and oxygen atoms in total. The molecular formula is C20H40O3. The summed E-state index contributed by atoms with van der Waals surface area (Å²) in [7, 11) is 0. The Morgan fingerprint density at radius 1 is 0.739 bits per heavy atom. The summed E-state index contributed by atoms with van der Waals surface area (Å²) in [5.41, 5.74) is -0.372. The molecule has 0 rings (SSSR count). The number of carbonyl (C=O) groups excluding carboxylic acids is 1. The molecule has 0 saturated heterocycles. The van der Waals surface area contributed by atoms with E-state index in [1.54, 1.807) is 0 Å². The number of hydrogen-bond acceptors (Lipinski definition) is 3. The second-order valence-electron chi connectivity index (χ2n) is 7.33. The minimum atomic E-state index is -0.372. The molecule has 0 aromatic rings. The summed E-state index contributed by atoms with van der Waals surface area (Å²) in [6.07, 6.45) is 16.2. The largest absolute Gasteiger partial charge is 0.342 e. The Labute approximate surface area is 144 Å². The minimum absolute atomic E-state index is 0.225. The van der Waals surface area contributed by atoms with E-state index in [1.165, 1.54) is 57.8 Å². The molecule has 23 heavy (non-hydrogen) atoms. The van der Waals surface area contributed by atoms with Gasteiger partial charge in [-0.05, 0) is 26.7 Å². The molecule has 0 radical (unpaired) electrons. The highest BCUT2D eigenvalue weighted by Gasteiger charge is 2.21. The van der Waals surface area contributed by atoms with Crippen molar-refractivity contribution in [3.05, 3.63) is 0 Å². The summed E-state index contributed by atoms with van der Waals surface area (Å²) in [5.74, 6) is -0.225. The second-order valence-corrected chi connectivity index (χ2v) is 7.33. The standard InChI is InChI=1S/C20H40O3/c1-5-7-9-10-11-12-13-14-15-17-19(21)22-23-20(3,4)18-16-8-6-2/h5-18H2,1-4H3. The van der Waals surface area contributed by atoms with Crippen LogP contribution in [-0.2, 0) is 14.6 Å². The summed E-state index contributed by atoms with van der Waals surface area (Å²) in [6, 6.07) is 0. The predicted octanol–water partition coefficient (Wildman–Crippen LogP) is 6.74. The van der Waals surface area contributed by atoms with Crippen molar-refractivity contribution in [1.82, 2.24) is 0 Å². The SMILES string of the molecule is CCCCCCCCCCCC(=O)OOC(C)(C)CCCCC. The fourth-order valence-corrected chi connectivity index (χ4v) is 2.62. The van der Waals surface area contributed by atoms with E-state index in [0.717, 1.165) is 25.7 Å². The van der Waals surface area contributed by atoms with Crippen molar-refractivity contribution in [3.8, 4) is 0 Å². The van der Waals surface area contributed by atoms with Crippen molar-refractivity contribution >= 4 is 5.97 Å². The van der Waals surface area contributed by atoms with Gasteiger partial charge in [0.25, 0.3) is 0 Å². The Morgan fingerprint density at radius 3 is 1.78 bits per heavy atom. The van der Waals surface area contributed by atoms with Crippen LogP contribution in [0.3, 0.4) is 0 Å². The molecule has 0 aliphatic rings. The van der Waals surface area contributed by atoms with Gasteiger partial charge in [0.2, 0.25) is 0 Å². The average molecular weight is 329 g/mol. The van der Waals surface area contributed by atoms with Crippen molar-refractivity contribution in [2.45, 2.75) is 123 Å². The van der Waals surface area contributed by atoms with Crippen molar-refractivity contribution in [1.29, 1.82) is 0 Å². The van der Waals surface area contributed by atoms with E-state index < -0.39 is 0 Å². The van der Waals surface area contributed by atoms with Crippen LogP contribution in [0.2, 0.25) is 0 Å². The highest BCUT2D eigenvalue weighted by molar-refractivity contribution is 5.68. The lowest BCUT2D eigenvalue weighted by molar-refractivity contribution is -0.326. The van der Waals surface area contributed by atoms with E-state index in [2.05, 4.69) is 13.8 Å². The molecule has 0 fully saturated rings. The molecule has 0 heterocycles. The van der Waals surface area contributed by atoms with E-state index in [9.17, 15) is 4.79 Å². The number of carbonyl (C=O) groups is 1. The van der Waals surface area contributed by atoms with Crippen LogP contribution in [-0.4, -0.2) is 11.6 Å². The third-order valence-electron chi connectivity index (χ3n) is 4.23. The lowest BCUT2D eigenvalue weighted by Crippen LogP contribution is -2.26. The van der Waals surface area contributed by atoms with E-state index in [1.807, 2.05) is 13.8 Å². The topological polar surface area (TPSA) is 35.5 Å². The van der Waals surface area contributed by atoms with Crippen LogP contribution < -0.4 is 0 Å². The number of rotatable bonds is 16. The van der Waals surface area contributed by atoms with Crippen LogP contribution >= 0.6 is 0 Å². The zero-order valence-corrected chi connectivity index (χ0v) is 16.1. The Kier molecular flexibility index (Phi) is 14.6. The van der Waals surface area contributed by atoms with Gasteiger partial charge in [-0.3, -0.25) is 4.89 Å². The van der Waals surface area contributed by atoms with Gasteiger partial charge >= 0.3 is 5.97 Å². The average Bonchev–Trinajstić information content (AvgIpc) is 2.51. The molecule has 0 aliphatic carbocycles. The van der Waals surface area contributed by atoms with Gasteiger partial charge in [-0.2, -0.15) is 4.89 Å². The monoisotopic (exact) mass is 328 g/mol. The molecule has 3 heteroatoms. The summed E-state index contributed by atoms with van der Waals surface area (Å²) in [6.45, 7) is 8.39. The first-order valence-electron chi connectivity index (χ1n) is 9.90. The van der Waals surface area contributed by atoms with Gasteiger partial charge in [0, 0.05) is 6.42 Å². The third kappa shape index (κ3) is 16.1. The summed E-state index contributed by atoms with van der Waals surface area (Å²) in [4.78, 5) is 22.0. The van der Waals surface area contributed by atoms with Crippen LogP contribution in [0.15, 0.2) is 0 Å². The highest BCUT2D eigenvalue weighted by Crippen LogP contribution is 2.19. The first-order chi connectivity index (χ1) is 11.0. The zero-order valence-electron chi connectivity index (χ0n) is 16.1.